The van der Waals surface area contributed by atoms with E-state index in [-0.39, 0.29) is 17.3 Å². The smallest absolute Gasteiger partial charge is 0.317 e. The standard InChI is InChI=1S/C18H24FN5O/c1-23(11-16-21-13-22-24(16)2)17(25)20-12-18(9-3-4-10-18)14-5-7-15(19)8-6-14/h5-8,13H,3-4,9-12H2,1-2H3,(H,20,25). The van der Waals surface area contributed by atoms with Crippen LogP contribution in [0.3, 0.4) is 0 Å². The van der Waals surface area contributed by atoms with Crippen LogP contribution in [0.1, 0.15) is 37.1 Å². The molecule has 25 heavy (non-hydrogen) atoms. The molecule has 0 saturated heterocycles. The number of halogens is 1. The second-order valence-electron chi connectivity index (χ2n) is 6.81. The van der Waals surface area contributed by atoms with Crippen molar-refractivity contribution < 1.29 is 9.18 Å². The van der Waals surface area contributed by atoms with Crippen LogP contribution >= 0.6 is 0 Å². The maximum Gasteiger partial charge on any atom is 0.317 e. The van der Waals surface area contributed by atoms with Gasteiger partial charge < -0.3 is 10.2 Å². The molecule has 0 bridgehead atoms. The van der Waals surface area contributed by atoms with Crippen molar-refractivity contribution in [3.63, 3.8) is 0 Å². The number of hydrogen-bond acceptors (Lipinski definition) is 3. The fourth-order valence-electron chi connectivity index (χ4n) is 3.55. The summed E-state index contributed by atoms with van der Waals surface area (Å²) in [4.78, 5) is 18.2. The topological polar surface area (TPSA) is 63.1 Å². The summed E-state index contributed by atoms with van der Waals surface area (Å²) >= 11 is 0. The van der Waals surface area contributed by atoms with Gasteiger partial charge in [-0.25, -0.2) is 14.2 Å². The van der Waals surface area contributed by atoms with E-state index in [1.807, 2.05) is 12.1 Å². The van der Waals surface area contributed by atoms with Crippen molar-refractivity contribution in [3.8, 4) is 0 Å². The lowest BCUT2D eigenvalue weighted by molar-refractivity contribution is 0.201. The third kappa shape index (κ3) is 3.81. The predicted molar refractivity (Wildman–Crippen MR) is 92.4 cm³/mol. The second kappa shape index (κ2) is 7.21. The van der Waals surface area contributed by atoms with Gasteiger partial charge in [-0.15, -0.1) is 0 Å². The first-order valence-corrected chi connectivity index (χ1v) is 8.58. The van der Waals surface area contributed by atoms with Crippen molar-refractivity contribution in [3.05, 3.63) is 47.8 Å². The van der Waals surface area contributed by atoms with Crippen LogP contribution < -0.4 is 5.32 Å². The lowest BCUT2D eigenvalue weighted by Crippen LogP contribution is -2.44. The fourth-order valence-corrected chi connectivity index (χ4v) is 3.55. The van der Waals surface area contributed by atoms with E-state index in [1.165, 1.54) is 18.5 Å². The molecule has 0 aliphatic heterocycles. The lowest BCUT2D eigenvalue weighted by atomic mass is 9.79. The van der Waals surface area contributed by atoms with Crippen LogP contribution in [-0.4, -0.2) is 39.3 Å². The molecule has 0 atom stereocenters. The first kappa shape index (κ1) is 17.4. The van der Waals surface area contributed by atoms with Crippen LogP contribution in [0.25, 0.3) is 0 Å². The molecule has 2 amide bonds. The minimum absolute atomic E-state index is 0.102. The summed E-state index contributed by atoms with van der Waals surface area (Å²) in [6.07, 6.45) is 5.74. The molecule has 2 aromatic rings. The molecule has 7 heteroatoms. The fraction of sp³-hybridized carbons (Fsp3) is 0.500. The van der Waals surface area contributed by atoms with Crippen LogP contribution in [-0.2, 0) is 19.0 Å². The summed E-state index contributed by atoms with van der Waals surface area (Å²) in [6.45, 7) is 0.951. The zero-order valence-corrected chi connectivity index (χ0v) is 14.7. The summed E-state index contributed by atoms with van der Waals surface area (Å²) in [5.41, 5.74) is 0.997. The Balaban J connectivity index is 1.64. The second-order valence-corrected chi connectivity index (χ2v) is 6.81. The zero-order chi connectivity index (χ0) is 17.9. The van der Waals surface area contributed by atoms with E-state index < -0.39 is 0 Å². The maximum absolute atomic E-state index is 13.2. The molecule has 1 aliphatic rings. The van der Waals surface area contributed by atoms with Crippen LogP contribution in [0.5, 0.6) is 0 Å². The normalized spacial score (nSPS) is 16.0. The van der Waals surface area contributed by atoms with Crippen molar-refractivity contribution in [1.29, 1.82) is 0 Å². The lowest BCUT2D eigenvalue weighted by Gasteiger charge is -2.31. The maximum atomic E-state index is 13.2. The van der Waals surface area contributed by atoms with Gasteiger partial charge in [-0.1, -0.05) is 25.0 Å². The highest BCUT2D eigenvalue weighted by molar-refractivity contribution is 5.73. The Morgan fingerprint density at radius 1 is 1.32 bits per heavy atom. The molecule has 0 spiro atoms. The first-order valence-electron chi connectivity index (χ1n) is 8.58. The van der Waals surface area contributed by atoms with Crippen molar-refractivity contribution in [2.75, 3.05) is 13.6 Å². The Hall–Kier alpha value is -2.44. The van der Waals surface area contributed by atoms with E-state index >= 15 is 0 Å². The summed E-state index contributed by atoms with van der Waals surface area (Å²) in [6, 6.07) is 6.54. The number of benzene rings is 1. The molecule has 1 aliphatic carbocycles. The van der Waals surface area contributed by atoms with Crippen molar-refractivity contribution in [2.45, 2.75) is 37.6 Å². The quantitative estimate of drug-likeness (QED) is 0.906. The number of urea groups is 1. The third-order valence-corrected chi connectivity index (χ3v) is 5.13. The zero-order valence-electron chi connectivity index (χ0n) is 14.7. The molecule has 1 saturated carbocycles. The van der Waals surface area contributed by atoms with Crippen LogP contribution in [0, 0.1) is 5.82 Å². The van der Waals surface area contributed by atoms with Crippen molar-refractivity contribution in [1.82, 2.24) is 25.0 Å². The molecule has 0 unspecified atom stereocenters. The van der Waals surface area contributed by atoms with Gasteiger partial charge in [0, 0.05) is 26.1 Å². The minimum atomic E-state index is -0.232. The largest absolute Gasteiger partial charge is 0.337 e. The number of aromatic nitrogens is 3. The van der Waals surface area contributed by atoms with E-state index in [0.717, 1.165) is 37.1 Å². The summed E-state index contributed by atoms with van der Waals surface area (Å²) in [5, 5.41) is 7.06. The molecule has 1 fully saturated rings. The highest BCUT2D eigenvalue weighted by Gasteiger charge is 2.36. The predicted octanol–water partition coefficient (Wildman–Crippen LogP) is 2.61. The Morgan fingerprint density at radius 3 is 2.60 bits per heavy atom. The number of carbonyl (C=O) groups is 1. The highest BCUT2D eigenvalue weighted by atomic mass is 19.1. The monoisotopic (exact) mass is 345 g/mol. The van der Waals surface area contributed by atoms with Crippen LogP contribution in [0.2, 0.25) is 0 Å². The van der Waals surface area contributed by atoms with E-state index in [4.69, 9.17) is 0 Å². The number of carbonyl (C=O) groups excluding carboxylic acids is 1. The summed E-state index contributed by atoms with van der Waals surface area (Å²) < 4.78 is 14.9. The molecule has 1 aromatic carbocycles. The van der Waals surface area contributed by atoms with Gasteiger partial charge in [-0.05, 0) is 30.5 Å². The number of rotatable bonds is 5. The number of aryl methyl sites for hydroxylation is 1. The van der Waals surface area contributed by atoms with Crippen LogP contribution in [0.4, 0.5) is 9.18 Å². The van der Waals surface area contributed by atoms with Gasteiger partial charge in [-0.2, -0.15) is 5.10 Å². The highest BCUT2D eigenvalue weighted by Crippen LogP contribution is 2.40. The van der Waals surface area contributed by atoms with Gasteiger partial charge >= 0.3 is 6.03 Å². The van der Waals surface area contributed by atoms with Gasteiger partial charge in [0.1, 0.15) is 18.0 Å². The van der Waals surface area contributed by atoms with Crippen molar-refractivity contribution in [2.24, 2.45) is 7.05 Å². The summed E-state index contributed by atoms with van der Waals surface area (Å²) in [7, 11) is 3.54. The first-order chi connectivity index (χ1) is 12.0. The van der Waals surface area contributed by atoms with Gasteiger partial charge in [0.2, 0.25) is 0 Å². The Morgan fingerprint density at radius 2 is 2.00 bits per heavy atom. The molecule has 1 N–H and O–H groups in total. The minimum Gasteiger partial charge on any atom is -0.337 e. The molecular formula is C18H24FN5O. The SMILES string of the molecule is CN(Cc1ncnn1C)C(=O)NCC1(c2ccc(F)cc2)CCCC1. The molecule has 0 radical (unpaired) electrons. The molecular weight excluding hydrogens is 321 g/mol. The average Bonchev–Trinajstić information content (AvgIpc) is 3.24. The van der Waals surface area contributed by atoms with E-state index in [1.54, 1.807) is 23.7 Å². The summed E-state index contributed by atoms with van der Waals surface area (Å²) in [5.74, 6) is 0.496. The van der Waals surface area contributed by atoms with Crippen LogP contribution in [0.15, 0.2) is 30.6 Å². The molecule has 6 nitrogen and oxygen atoms in total. The number of nitrogens with one attached hydrogen (secondary N) is 1. The molecule has 134 valence electrons. The van der Waals surface area contributed by atoms with Gasteiger partial charge in [-0.3, -0.25) is 4.68 Å². The van der Waals surface area contributed by atoms with E-state index in [2.05, 4.69) is 15.4 Å². The van der Waals surface area contributed by atoms with Gasteiger partial charge in [0.15, 0.2) is 0 Å². The number of hydrogen-bond donors (Lipinski definition) is 1. The average molecular weight is 345 g/mol. The van der Waals surface area contributed by atoms with E-state index in [0.29, 0.717) is 13.1 Å². The third-order valence-electron chi connectivity index (χ3n) is 5.13. The van der Waals surface area contributed by atoms with E-state index in [9.17, 15) is 9.18 Å². The Bertz CT molecular complexity index is 721. The Kier molecular flexibility index (Phi) is 5.01. The van der Waals surface area contributed by atoms with Crippen molar-refractivity contribution >= 4 is 6.03 Å². The van der Waals surface area contributed by atoms with Gasteiger partial charge in [0.05, 0.1) is 6.54 Å². The number of nitrogens with zero attached hydrogens (tertiary/aromatic N) is 4. The Labute approximate surface area is 147 Å². The van der Waals surface area contributed by atoms with Gasteiger partial charge in [0.25, 0.3) is 0 Å². The molecule has 1 heterocycles. The molecule has 3 rings (SSSR count). The molecule has 1 aromatic heterocycles. The number of amides is 2.